The Hall–Kier alpha value is -3.20. The summed E-state index contributed by atoms with van der Waals surface area (Å²) >= 11 is 0. The standard InChI is InChI=1S/C22H22F3N5O/c23-22(24,25)19-6-4-17(5-7-19)15-28-9-2-10-29(12-11-28)21(31)18-13-27-30(16-18)20-3-1-8-26-14-20/h1,3-8,13-14,16H,2,9-12,15H2. The molecule has 1 amide bonds. The van der Waals surface area contributed by atoms with Gasteiger partial charge in [0.25, 0.3) is 5.91 Å². The summed E-state index contributed by atoms with van der Waals surface area (Å²) in [5.41, 5.74) is 1.47. The lowest BCUT2D eigenvalue weighted by Crippen LogP contribution is -2.35. The molecule has 0 unspecified atom stereocenters. The first-order valence-corrected chi connectivity index (χ1v) is 10.0. The fourth-order valence-corrected chi connectivity index (χ4v) is 3.64. The molecule has 1 fully saturated rings. The Morgan fingerprint density at radius 3 is 2.52 bits per heavy atom. The molecule has 3 aromatic rings. The quantitative estimate of drug-likeness (QED) is 0.636. The Morgan fingerprint density at radius 1 is 1.00 bits per heavy atom. The van der Waals surface area contributed by atoms with Gasteiger partial charge in [0.1, 0.15) is 0 Å². The van der Waals surface area contributed by atoms with Crippen LogP contribution in [0, 0.1) is 0 Å². The van der Waals surface area contributed by atoms with Crippen LogP contribution in [0.3, 0.4) is 0 Å². The molecule has 6 nitrogen and oxygen atoms in total. The molecule has 0 spiro atoms. The number of amides is 1. The lowest BCUT2D eigenvalue weighted by Gasteiger charge is -2.22. The summed E-state index contributed by atoms with van der Waals surface area (Å²) < 4.78 is 39.8. The zero-order valence-electron chi connectivity index (χ0n) is 16.8. The number of alkyl halides is 3. The smallest absolute Gasteiger partial charge is 0.337 e. The van der Waals surface area contributed by atoms with E-state index in [0.717, 1.165) is 36.3 Å². The molecule has 0 bridgehead atoms. The van der Waals surface area contributed by atoms with Crippen LogP contribution in [0.1, 0.15) is 27.9 Å². The topological polar surface area (TPSA) is 54.3 Å². The van der Waals surface area contributed by atoms with E-state index in [2.05, 4.69) is 15.0 Å². The zero-order chi connectivity index (χ0) is 21.8. The molecule has 1 saturated heterocycles. The number of carbonyl (C=O) groups excluding carboxylic acids is 1. The normalized spacial score (nSPS) is 15.6. The van der Waals surface area contributed by atoms with Crippen LogP contribution in [0.25, 0.3) is 5.69 Å². The lowest BCUT2D eigenvalue weighted by molar-refractivity contribution is -0.137. The van der Waals surface area contributed by atoms with Crippen molar-refractivity contribution in [3.8, 4) is 5.69 Å². The van der Waals surface area contributed by atoms with E-state index in [1.54, 1.807) is 40.4 Å². The van der Waals surface area contributed by atoms with Crippen molar-refractivity contribution in [2.45, 2.75) is 19.1 Å². The molecular weight excluding hydrogens is 407 g/mol. The highest BCUT2D eigenvalue weighted by atomic mass is 19.4. The molecule has 0 aliphatic carbocycles. The van der Waals surface area contributed by atoms with Crippen LogP contribution in [0.4, 0.5) is 13.2 Å². The van der Waals surface area contributed by atoms with Gasteiger partial charge >= 0.3 is 6.18 Å². The first-order valence-electron chi connectivity index (χ1n) is 10.0. The maximum Gasteiger partial charge on any atom is 0.416 e. The van der Waals surface area contributed by atoms with E-state index in [1.165, 1.54) is 12.1 Å². The molecule has 4 rings (SSSR count). The van der Waals surface area contributed by atoms with Gasteiger partial charge in [-0.05, 0) is 36.2 Å². The van der Waals surface area contributed by atoms with Gasteiger partial charge in [-0.3, -0.25) is 14.7 Å². The van der Waals surface area contributed by atoms with Crippen LogP contribution in [0.2, 0.25) is 0 Å². The van der Waals surface area contributed by atoms with Crippen LogP contribution >= 0.6 is 0 Å². The third kappa shape index (κ3) is 5.11. The lowest BCUT2D eigenvalue weighted by atomic mass is 10.1. The van der Waals surface area contributed by atoms with E-state index in [4.69, 9.17) is 0 Å². The minimum absolute atomic E-state index is 0.0773. The summed E-state index contributed by atoms with van der Waals surface area (Å²) in [6.45, 7) is 3.17. The number of benzene rings is 1. The number of nitrogens with zero attached hydrogens (tertiary/aromatic N) is 5. The van der Waals surface area contributed by atoms with Crippen LogP contribution in [-0.2, 0) is 12.7 Å². The molecule has 0 N–H and O–H groups in total. The number of carbonyl (C=O) groups is 1. The molecule has 2 aromatic heterocycles. The molecule has 162 valence electrons. The van der Waals surface area contributed by atoms with Crippen LogP contribution < -0.4 is 0 Å². The maximum atomic E-state index is 12.9. The predicted octanol–water partition coefficient (Wildman–Crippen LogP) is 3.63. The van der Waals surface area contributed by atoms with Gasteiger partial charge in [0.05, 0.1) is 29.2 Å². The highest BCUT2D eigenvalue weighted by molar-refractivity contribution is 5.93. The highest BCUT2D eigenvalue weighted by Gasteiger charge is 2.30. The fraction of sp³-hybridized carbons (Fsp3) is 0.318. The van der Waals surface area contributed by atoms with E-state index in [0.29, 0.717) is 31.7 Å². The Balaban J connectivity index is 1.36. The Labute approximate surface area is 177 Å². The summed E-state index contributed by atoms with van der Waals surface area (Å²) in [5.74, 6) is -0.0773. The molecule has 0 saturated carbocycles. The second kappa shape index (κ2) is 8.89. The molecule has 0 radical (unpaired) electrons. The highest BCUT2D eigenvalue weighted by Crippen LogP contribution is 2.29. The second-order valence-corrected chi connectivity index (χ2v) is 7.50. The molecule has 1 aliphatic heterocycles. The van der Waals surface area contributed by atoms with Crippen LogP contribution in [-0.4, -0.2) is 56.7 Å². The molecule has 3 heterocycles. The SMILES string of the molecule is O=C(c1cnn(-c2cccnc2)c1)N1CCCN(Cc2ccc(C(F)(F)F)cc2)CC1. The summed E-state index contributed by atoms with van der Waals surface area (Å²) in [6.07, 6.45) is 3.07. The number of aromatic nitrogens is 3. The number of hydrogen-bond acceptors (Lipinski definition) is 4. The molecule has 31 heavy (non-hydrogen) atoms. The minimum atomic E-state index is -4.33. The van der Waals surface area contributed by atoms with Crippen molar-refractivity contribution in [3.63, 3.8) is 0 Å². The van der Waals surface area contributed by atoms with Gasteiger partial charge in [-0.15, -0.1) is 0 Å². The zero-order valence-corrected chi connectivity index (χ0v) is 16.8. The summed E-state index contributed by atoms with van der Waals surface area (Å²) in [7, 11) is 0. The van der Waals surface area contributed by atoms with E-state index in [1.807, 2.05) is 6.07 Å². The fourth-order valence-electron chi connectivity index (χ4n) is 3.64. The first-order chi connectivity index (χ1) is 14.9. The number of pyridine rings is 1. The summed E-state index contributed by atoms with van der Waals surface area (Å²) in [4.78, 5) is 20.9. The van der Waals surface area contributed by atoms with Crippen molar-refractivity contribution in [1.29, 1.82) is 0 Å². The van der Waals surface area contributed by atoms with Gasteiger partial charge in [0.2, 0.25) is 0 Å². The van der Waals surface area contributed by atoms with Crippen molar-refractivity contribution in [2.75, 3.05) is 26.2 Å². The van der Waals surface area contributed by atoms with Crippen molar-refractivity contribution < 1.29 is 18.0 Å². The predicted molar refractivity (Wildman–Crippen MR) is 109 cm³/mol. The van der Waals surface area contributed by atoms with Crippen molar-refractivity contribution in [1.82, 2.24) is 24.6 Å². The molecule has 9 heteroatoms. The Morgan fingerprint density at radius 2 is 1.81 bits per heavy atom. The van der Waals surface area contributed by atoms with Gasteiger partial charge in [-0.2, -0.15) is 18.3 Å². The van der Waals surface area contributed by atoms with Gasteiger partial charge in [-0.25, -0.2) is 4.68 Å². The van der Waals surface area contributed by atoms with Crippen molar-refractivity contribution >= 4 is 5.91 Å². The van der Waals surface area contributed by atoms with Crippen LogP contribution in [0.15, 0.2) is 61.2 Å². The third-order valence-corrected chi connectivity index (χ3v) is 5.30. The second-order valence-electron chi connectivity index (χ2n) is 7.50. The third-order valence-electron chi connectivity index (χ3n) is 5.30. The molecular formula is C22H22F3N5O. The van der Waals surface area contributed by atoms with Crippen LogP contribution in [0.5, 0.6) is 0 Å². The van der Waals surface area contributed by atoms with E-state index in [-0.39, 0.29) is 5.91 Å². The largest absolute Gasteiger partial charge is 0.416 e. The number of halogens is 3. The number of rotatable bonds is 4. The first kappa shape index (κ1) is 21.0. The van der Waals surface area contributed by atoms with Gasteiger partial charge in [0.15, 0.2) is 0 Å². The van der Waals surface area contributed by atoms with E-state index >= 15 is 0 Å². The van der Waals surface area contributed by atoms with Gasteiger partial charge in [0, 0.05) is 45.1 Å². The van der Waals surface area contributed by atoms with Crippen molar-refractivity contribution in [2.24, 2.45) is 0 Å². The van der Waals surface area contributed by atoms with Gasteiger partial charge < -0.3 is 4.90 Å². The van der Waals surface area contributed by atoms with Gasteiger partial charge in [-0.1, -0.05) is 12.1 Å². The average Bonchev–Trinajstić information content (AvgIpc) is 3.15. The summed E-state index contributed by atoms with van der Waals surface area (Å²) in [6, 6.07) is 8.93. The minimum Gasteiger partial charge on any atom is -0.337 e. The Kier molecular flexibility index (Phi) is 6.03. The summed E-state index contributed by atoms with van der Waals surface area (Å²) in [5, 5.41) is 4.26. The maximum absolute atomic E-state index is 12.9. The number of hydrogen-bond donors (Lipinski definition) is 0. The monoisotopic (exact) mass is 429 g/mol. The average molecular weight is 429 g/mol. The Bertz CT molecular complexity index is 1020. The van der Waals surface area contributed by atoms with E-state index in [9.17, 15) is 18.0 Å². The molecule has 1 aliphatic rings. The van der Waals surface area contributed by atoms with Crippen molar-refractivity contribution in [3.05, 3.63) is 77.9 Å². The molecule has 0 atom stereocenters. The van der Waals surface area contributed by atoms with E-state index < -0.39 is 11.7 Å². The molecule has 1 aromatic carbocycles.